The van der Waals surface area contributed by atoms with Crippen LogP contribution in [0.3, 0.4) is 0 Å². The maximum atomic E-state index is 11.5. The van der Waals surface area contributed by atoms with Gasteiger partial charge in [-0.15, -0.1) is 5.06 Å². The highest BCUT2D eigenvalue weighted by molar-refractivity contribution is 5.75. The van der Waals surface area contributed by atoms with Crippen molar-refractivity contribution in [2.24, 2.45) is 5.41 Å². The standard InChI is InChI=1S/C11H21NO4/c1-8(13)5-11(15)6-12(7-11)16-9(14)10(2,3)4/h8,13,15H,5-7H2,1-4H3. The first-order valence-corrected chi connectivity index (χ1v) is 5.50. The zero-order valence-corrected chi connectivity index (χ0v) is 10.4. The van der Waals surface area contributed by atoms with Crippen LogP contribution in [-0.2, 0) is 9.63 Å². The van der Waals surface area contributed by atoms with E-state index in [1.807, 2.05) is 0 Å². The fourth-order valence-corrected chi connectivity index (χ4v) is 1.61. The van der Waals surface area contributed by atoms with Crippen LogP contribution in [0.5, 0.6) is 0 Å². The van der Waals surface area contributed by atoms with E-state index >= 15 is 0 Å². The van der Waals surface area contributed by atoms with Gasteiger partial charge in [0.15, 0.2) is 0 Å². The van der Waals surface area contributed by atoms with Crippen LogP contribution in [0.4, 0.5) is 0 Å². The zero-order chi connectivity index (χ0) is 12.6. The monoisotopic (exact) mass is 231 g/mol. The van der Waals surface area contributed by atoms with Crippen molar-refractivity contribution in [1.82, 2.24) is 5.06 Å². The van der Waals surface area contributed by atoms with Gasteiger partial charge in [0.25, 0.3) is 0 Å². The summed E-state index contributed by atoms with van der Waals surface area (Å²) in [5, 5.41) is 20.5. The molecule has 1 heterocycles. The molecule has 0 aliphatic carbocycles. The number of aliphatic hydroxyl groups excluding tert-OH is 1. The number of aliphatic hydroxyl groups is 2. The molecule has 0 radical (unpaired) electrons. The van der Waals surface area contributed by atoms with E-state index in [4.69, 9.17) is 9.94 Å². The molecule has 0 spiro atoms. The Kier molecular flexibility index (Phi) is 3.62. The third kappa shape index (κ3) is 3.43. The number of rotatable bonds is 3. The third-order valence-electron chi connectivity index (χ3n) is 2.44. The Morgan fingerprint density at radius 2 is 2.00 bits per heavy atom. The normalized spacial score (nSPS) is 22.4. The summed E-state index contributed by atoms with van der Waals surface area (Å²) in [4.78, 5) is 16.6. The van der Waals surface area contributed by atoms with Crippen molar-refractivity contribution in [3.8, 4) is 0 Å². The molecule has 1 atom stereocenters. The van der Waals surface area contributed by atoms with Gasteiger partial charge in [-0.1, -0.05) is 0 Å². The molecule has 5 heteroatoms. The quantitative estimate of drug-likeness (QED) is 0.731. The van der Waals surface area contributed by atoms with E-state index in [1.54, 1.807) is 27.7 Å². The fraction of sp³-hybridized carbons (Fsp3) is 0.909. The molecular weight excluding hydrogens is 210 g/mol. The zero-order valence-electron chi connectivity index (χ0n) is 10.4. The summed E-state index contributed by atoms with van der Waals surface area (Å²) in [6, 6.07) is 0. The smallest absolute Gasteiger partial charge is 0.330 e. The van der Waals surface area contributed by atoms with Gasteiger partial charge in [-0.25, -0.2) is 4.79 Å². The van der Waals surface area contributed by atoms with E-state index in [0.29, 0.717) is 6.42 Å². The summed E-state index contributed by atoms with van der Waals surface area (Å²) in [5.74, 6) is -0.313. The van der Waals surface area contributed by atoms with Crippen LogP contribution in [-0.4, -0.2) is 46.0 Å². The Morgan fingerprint density at radius 3 is 2.38 bits per heavy atom. The third-order valence-corrected chi connectivity index (χ3v) is 2.44. The molecule has 2 N–H and O–H groups in total. The molecule has 1 aliphatic rings. The first-order valence-electron chi connectivity index (χ1n) is 5.50. The Morgan fingerprint density at radius 1 is 1.50 bits per heavy atom. The molecule has 5 nitrogen and oxygen atoms in total. The molecule has 1 unspecified atom stereocenters. The Labute approximate surface area is 96.0 Å². The van der Waals surface area contributed by atoms with Gasteiger partial charge in [0.2, 0.25) is 0 Å². The van der Waals surface area contributed by atoms with E-state index in [-0.39, 0.29) is 19.1 Å². The predicted molar refractivity (Wildman–Crippen MR) is 58.4 cm³/mol. The number of carbonyl (C=O) groups excluding carboxylic acids is 1. The maximum Gasteiger partial charge on any atom is 0.330 e. The van der Waals surface area contributed by atoms with Crippen molar-refractivity contribution < 1.29 is 19.8 Å². The van der Waals surface area contributed by atoms with E-state index in [0.717, 1.165) is 0 Å². The van der Waals surface area contributed by atoms with Crippen LogP contribution >= 0.6 is 0 Å². The largest absolute Gasteiger partial charge is 0.393 e. The van der Waals surface area contributed by atoms with E-state index in [2.05, 4.69) is 0 Å². The molecule has 1 aliphatic heterocycles. The number of hydrogen-bond donors (Lipinski definition) is 2. The van der Waals surface area contributed by atoms with Gasteiger partial charge in [0.1, 0.15) is 0 Å². The number of carbonyl (C=O) groups is 1. The lowest BCUT2D eigenvalue weighted by molar-refractivity contribution is -0.269. The van der Waals surface area contributed by atoms with Crippen molar-refractivity contribution in [2.75, 3.05) is 13.1 Å². The van der Waals surface area contributed by atoms with Gasteiger partial charge in [-0.3, -0.25) is 0 Å². The van der Waals surface area contributed by atoms with Crippen LogP contribution in [0.2, 0.25) is 0 Å². The van der Waals surface area contributed by atoms with Crippen molar-refractivity contribution in [3.63, 3.8) is 0 Å². The minimum absolute atomic E-state index is 0.264. The lowest BCUT2D eigenvalue weighted by Crippen LogP contribution is -2.63. The highest BCUT2D eigenvalue weighted by Gasteiger charge is 2.45. The highest BCUT2D eigenvalue weighted by Crippen LogP contribution is 2.27. The lowest BCUT2D eigenvalue weighted by atomic mass is 9.90. The van der Waals surface area contributed by atoms with Gasteiger partial charge in [-0.05, 0) is 27.7 Å². The number of hydroxylamine groups is 2. The summed E-state index contributed by atoms with van der Waals surface area (Å²) in [7, 11) is 0. The summed E-state index contributed by atoms with van der Waals surface area (Å²) >= 11 is 0. The summed E-state index contributed by atoms with van der Waals surface area (Å²) < 4.78 is 0. The first kappa shape index (κ1) is 13.4. The molecule has 1 fully saturated rings. The molecule has 0 bridgehead atoms. The number of nitrogens with zero attached hydrogens (tertiary/aromatic N) is 1. The molecule has 0 saturated carbocycles. The fourth-order valence-electron chi connectivity index (χ4n) is 1.61. The van der Waals surface area contributed by atoms with Gasteiger partial charge in [0, 0.05) is 6.42 Å². The van der Waals surface area contributed by atoms with E-state index < -0.39 is 17.1 Å². The highest BCUT2D eigenvalue weighted by atomic mass is 16.7. The molecule has 0 aromatic rings. The first-order chi connectivity index (χ1) is 7.12. The minimum atomic E-state index is -0.924. The van der Waals surface area contributed by atoms with Crippen LogP contribution in [0, 0.1) is 5.41 Å². The van der Waals surface area contributed by atoms with Gasteiger partial charge in [-0.2, -0.15) is 0 Å². The number of hydrogen-bond acceptors (Lipinski definition) is 5. The predicted octanol–water partition coefficient (Wildman–Crippen LogP) is 0.308. The van der Waals surface area contributed by atoms with Crippen molar-refractivity contribution in [3.05, 3.63) is 0 Å². The summed E-state index contributed by atoms with van der Waals surface area (Å²) in [6.45, 7) is 7.48. The van der Waals surface area contributed by atoms with Crippen LogP contribution in [0.1, 0.15) is 34.1 Å². The van der Waals surface area contributed by atoms with Crippen molar-refractivity contribution >= 4 is 5.97 Å². The summed E-state index contributed by atoms with van der Waals surface area (Å²) in [5.41, 5.74) is -1.47. The molecular formula is C11H21NO4. The molecule has 0 aromatic heterocycles. The van der Waals surface area contributed by atoms with Crippen molar-refractivity contribution in [1.29, 1.82) is 0 Å². The van der Waals surface area contributed by atoms with Crippen LogP contribution < -0.4 is 0 Å². The summed E-state index contributed by atoms with van der Waals surface area (Å²) in [6.07, 6.45) is -0.248. The molecule has 16 heavy (non-hydrogen) atoms. The minimum Gasteiger partial charge on any atom is -0.393 e. The Balaban J connectivity index is 2.34. The second kappa shape index (κ2) is 4.31. The number of β-amino-alcohol motifs (C(OH)–C–C–N with tert-alkyl or cyclic N) is 1. The Hall–Kier alpha value is -0.650. The molecule has 0 aromatic carbocycles. The van der Waals surface area contributed by atoms with E-state index in [9.17, 15) is 9.90 Å². The molecule has 94 valence electrons. The Bertz CT molecular complexity index is 264. The topological polar surface area (TPSA) is 70.0 Å². The van der Waals surface area contributed by atoms with Crippen LogP contribution in [0.25, 0.3) is 0 Å². The molecule has 0 amide bonds. The molecule has 1 saturated heterocycles. The maximum absolute atomic E-state index is 11.5. The average molecular weight is 231 g/mol. The van der Waals surface area contributed by atoms with Crippen LogP contribution in [0.15, 0.2) is 0 Å². The lowest BCUT2D eigenvalue weighted by Gasteiger charge is -2.45. The van der Waals surface area contributed by atoms with Gasteiger partial charge in [0.05, 0.1) is 30.2 Å². The van der Waals surface area contributed by atoms with Gasteiger partial charge >= 0.3 is 5.97 Å². The second-order valence-corrected chi connectivity index (χ2v) is 5.70. The van der Waals surface area contributed by atoms with E-state index in [1.165, 1.54) is 5.06 Å². The average Bonchev–Trinajstić information content (AvgIpc) is 1.97. The SMILES string of the molecule is CC(O)CC1(O)CN(OC(=O)C(C)(C)C)C1. The van der Waals surface area contributed by atoms with Gasteiger partial charge < -0.3 is 15.1 Å². The molecule has 1 rings (SSSR count). The van der Waals surface area contributed by atoms with Crippen molar-refractivity contribution in [2.45, 2.75) is 45.8 Å². The second-order valence-electron chi connectivity index (χ2n) is 5.70.